The van der Waals surface area contributed by atoms with Crippen LogP contribution in [0.1, 0.15) is 31.9 Å². The number of nitrogens with two attached hydrogens (primary N) is 1. The van der Waals surface area contributed by atoms with Crippen molar-refractivity contribution in [2.24, 2.45) is 5.73 Å². The molecular weight excluding hydrogens is 296 g/mol. The van der Waals surface area contributed by atoms with E-state index in [-0.39, 0.29) is 6.04 Å². The molecule has 2 unspecified atom stereocenters. The highest BCUT2D eigenvalue weighted by Gasteiger charge is 2.18. The Hall–Kier alpha value is -1.07. The number of nitrogens with one attached hydrogen (secondary N) is 1. The van der Waals surface area contributed by atoms with Crippen LogP contribution in [0.25, 0.3) is 0 Å². The minimum Gasteiger partial charge on any atom is -0.480 e. The van der Waals surface area contributed by atoms with Gasteiger partial charge in [0.25, 0.3) is 5.91 Å². The first-order valence-electron chi connectivity index (χ1n) is 5.92. The number of hydrogen-bond acceptors (Lipinski definition) is 3. The molecule has 4 nitrogen and oxygen atoms in total. The summed E-state index contributed by atoms with van der Waals surface area (Å²) in [7, 11) is 1.88. The van der Waals surface area contributed by atoms with Crippen LogP contribution in [0.4, 0.5) is 0 Å². The molecule has 0 aliphatic heterocycles. The average molecular weight is 315 g/mol. The minimum absolute atomic E-state index is 0.137. The van der Waals surface area contributed by atoms with E-state index in [0.29, 0.717) is 12.2 Å². The fraction of sp³-hybridized carbons (Fsp3) is 0.462. The van der Waals surface area contributed by atoms with Crippen LogP contribution in [0, 0.1) is 0 Å². The normalized spacial score (nSPS) is 14.0. The molecule has 100 valence electrons. The summed E-state index contributed by atoms with van der Waals surface area (Å²) in [4.78, 5) is 11.2. The SMILES string of the molecule is CCC(Oc1cc(Br)ccc1C(C)NC)C(N)=O. The van der Waals surface area contributed by atoms with Gasteiger partial charge in [0.15, 0.2) is 6.10 Å². The lowest BCUT2D eigenvalue weighted by Gasteiger charge is -2.20. The topological polar surface area (TPSA) is 64.3 Å². The molecule has 0 heterocycles. The Morgan fingerprint density at radius 3 is 2.72 bits per heavy atom. The average Bonchev–Trinajstić information content (AvgIpc) is 2.34. The van der Waals surface area contributed by atoms with Gasteiger partial charge in [0.05, 0.1) is 0 Å². The number of rotatable bonds is 6. The van der Waals surface area contributed by atoms with Crippen LogP contribution >= 0.6 is 15.9 Å². The van der Waals surface area contributed by atoms with Crippen LogP contribution in [-0.4, -0.2) is 19.1 Å². The summed E-state index contributed by atoms with van der Waals surface area (Å²) < 4.78 is 6.62. The van der Waals surface area contributed by atoms with Gasteiger partial charge in [-0.25, -0.2) is 0 Å². The van der Waals surface area contributed by atoms with Crippen molar-refractivity contribution in [2.75, 3.05) is 7.05 Å². The van der Waals surface area contributed by atoms with Crippen LogP contribution < -0.4 is 15.8 Å². The van der Waals surface area contributed by atoms with Crippen LogP contribution in [0.5, 0.6) is 5.75 Å². The fourth-order valence-electron chi connectivity index (χ4n) is 1.62. The summed E-state index contributed by atoms with van der Waals surface area (Å²) in [6, 6.07) is 5.91. The maximum absolute atomic E-state index is 11.2. The molecule has 0 aliphatic carbocycles. The number of hydrogen-bond donors (Lipinski definition) is 2. The van der Waals surface area contributed by atoms with Crippen LogP contribution in [-0.2, 0) is 4.79 Å². The molecule has 0 bridgehead atoms. The van der Waals surface area contributed by atoms with E-state index in [1.165, 1.54) is 0 Å². The van der Waals surface area contributed by atoms with Crippen LogP contribution in [0.15, 0.2) is 22.7 Å². The Morgan fingerprint density at radius 2 is 2.22 bits per heavy atom. The zero-order valence-corrected chi connectivity index (χ0v) is 12.5. The van der Waals surface area contributed by atoms with Gasteiger partial charge in [-0.15, -0.1) is 0 Å². The second-order valence-electron chi connectivity index (χ2n) is 4.11. The van der Waals surface area contributed by atoms with E-state index < -0.39 is 12.0 Å². The maximum Gasteiger partial charge on any atom is 0.258 e. The second kappa shape index (κ2) is 6.75. The van der Waals surface area contributed by atoms with Crippen molar-refractivity contribution in [3.05, 3.63) is 28.2 Å². The van der Waals surface area contributed by atoms with Crippen molar-refractivity contribution in [3.8, 4) is 5.75 Å². The molecule has 0 aliphatic rings. The van der Waals surface area contributed by atoms with Crippen LogP contribution in [0.3, 0.4) is 0 Å². The van der Waals surface area contributed by atoms with E-state index in [4.69, 9.17) is 10.5 Å². The predicted molar refractivity (Wildman–Crippen MR) is 75.5 cm³/mol. The third-order valence-corrected chi connectivity index (χ3v) is 3.33. The summed E-state index contributed by atoms with van der Waals surface area (Å²) in [5.41, 5.74) is 6.30. The zero-order valence-electron chi connectivity index (χ0n) is 10.9. The van der Waals surface area contributed by atoms with E-state index >= 15 is 0 Å². The number of amides is 1. The van der Waals surface area contributed by atoms with Gasteiger partial charge < -0.3 is 15.8 Å². The molecule has 0 saturated carbocycles. The molecule has 0 fully saturated rings. The highest BCUT2D eigenvalue weighted by molar-refractivity contribution is 9.10. The molecule has 1 aromatic rings. The lowest BCUT2D eigenvalue weighted by Crippen LogP contribution is -2.33. The molecule has 2 atom stereocenters. The minimum atomic E-state index is -0.595. The first kappa shape index (κ1) is 15.0. The van der Waals surface area contributed by atoms with Crippen molar-refractivity contribution in [1.82, 2.24) is 5.32 Å². The lowest BCUT2D eigenvalue weighted by molar-refractivity contribution is -0.124. The summed E-state index contributed by atoms with van der Waals surface area (Å²) in [5, 5.41) is 3.15. The van der Waals surface area contributed by atoms with E-state index in [0.717, 1.165) is 10.0 Å². The number of benzene rings is 1. The Balaban J connectivity index is 3.05. The zero-order chi connectivity index (χ0) is 13.7. The second-order valence-corrected chi connectivity index (χ2v) is 5.03. The van der Waals surface area contributed by atoms with Gasteiger partial charge in [0, 0.05) is 16.1 Å². The number of ether oxygens (including phenoxy) is 1. The van der Waals surface area contributed by atoms with Crippen molar-refractivity contribution in [2.45, 2.75) is 32.4 Å². The smallest absolute Gasteiger partial charge is 0.258 e. The van der Waals surface area contributed by atoms with E-state index in [9.17, 15) is 4.79 Å². The number of carbonyl (C=O) groups is 1. The summed E-state index contributed by atoms with van der Waals surface area (Å²) >= 11 is 3.40. The third kappa shape index (κ3) is 3.71. The Bertz CT molecular complexity index is 423. The molecule has 0 spiro atoms. The van der Waals surface area contributed by atoms with Gasteiger partial charge in [-0.1, -0.05) is 28.9 Å². The molecule has 1 amide bonds. The number of halogens is 1. The Morgan fingerprint density at radius 1 is 1.56 bits per heavy atom. The molecule has 0 aromatic heterocycles. The molecule has 5 heteroatoms. The highest BCUT2D eigenvalue weighted by atomic mass is 79.9. The highest BCUT2D eigenvalue weighted by Crippen LogP contribution is 2.29. The van der Waals surface area contributed by atoms with Gasteiger partial charge in [0.1, 0.15) is 5.75 Å². The third-order valence-electron chi connectivity index (χ3n) is 2.83. The Labute approximate surface area is 116 Å². The molecule has 18 heavy (non-hydrogen) atoms. The molecule has 1 rings (SSSR count). The molecule has 3 N–H and O–H groups in total. The van der Waals surface area contributed by atoms with Crippen LogP contribution in [0.2, 0.25) is 0 Å². The first-order chi connectivity index (χ1) is 8.49. The molecular formula is C13H19BrN2O2. The predicted octanol–water partition coefficient (Wildman–Crippen LogP) is 2.37. The summed E-state index contributed by atoms with van der Waals surface area (Å²) in [6.45, 7) is 3.90. The lowest BCUT2D eigenvalue weighted by atomic mass is 10.1. The van der Waals surface area contributed by atoms with E-state index in [1.54, 1.807) is 0 Å². The maximum atomic E-state index is 11.2. The standard InChI is InChI=1S/C13H19BrN2O2/c1-4-11(13(15)17)18-12-7-9(14)5-6-10(12)8(2)16-3/h5-8,11,16H,4H2,1-3H3,(H2,15,17). The van der Waals surface area contributed by atoms with Crippen molar-refractivity contribution in [1.29, 1.82) is 0 Å². The molecule has 0 saturated heterocycles. The van der Waals surface area contributed by atoms with Gasteiger partial charge in [-0.2, -0.15) is 0 Å². The van der Waals surface area contributed by atoms with Gasteiger partial charge in [0.2, 0.25) is 0 Å². The monoisotopic (exact) mass is 314 g/mol. The van der Waals surface area contributed by atoms with Crippen molar-refractivity contribution < 1.29 is 9.53 Å². The van der Waals surface area contributed by atoms with E-state index in [2.05, 4.69) is 21.2 Å². The Kier molecular flexibility index (Phi) is 5.62. The quantitative estimate of drug-likeness (QED) is 0.847. The number of primary amides is 1. The number of carbonyl (C=O) groups excluding carboxylic acids is 1. The van der Waals surface area contributed by atoms with Crippen molar-refractivity contribution >= 4 is 21.8 Å². The van der Waals surface area contributed by atoms with Gasteiger partial charge in [-0.3, -0.25) is 4.79 Å². The van der Waals surface area contributed by atoms with Gasteiger partial charge >= 0.3 is 0 Å². The summed E-state index contributed by atoms with van der Waals surface area (Å²) in [6.07, 6.45) is -0.0445. The van der Waals surface area contributed by atoms with Gasteiger partial charge in [-0.05, 0) is 32.5 Å². The van der Waals surface area contributed by atoms with E-state index in [1.807, 2.05) is 39.1 Å². The first-order valence-corrected chi connectivity index (χ1v) is 6.71. The van der Waals surface area contributed by atoms with Crippen molar-refractivity contribution in [3.63, 3.8) is 0 Å². The molecule has 1 aromatic carbocycles. The molecule has 0 radical (unpaired) electrons. The summed E-state index contributed by atoms with van der Waals surface area (Å²) in [5.74, 6) is 0.234. The largest absolute Gasteiger partial charge is 0.480 e. The fourth-order valence-corrected chi connectivity index (χ4v) is 1.96.